The van der Waals surface area contributed by atoms with Crippen LogP contribution in [-0.4, -0.2) is 42.1 Å². The van der Waals surface area contributed by atoms with Crippen LogP contribution in [0.1, 0.15) is 23.2 Å². The van der Waals surface area contributed by atoms with E-state index in [9.17, 15) is 9.90 Å². The summed E-state index contributed by atoms with van der Waals surface area (Å²) in [6.45, 7) is 1.98. The molecule has 1 aromatic rings. The first-order valence-corrected chi connectivity index (χ1v) is 7.12. The average Bonchev–Trinajstić information content (AvgIpc) is 2.32. The molecule has 1 aliphatic heterocycles. The molecule has 1 unspecified atom stereocenters. The molecule has 1 aliphatic rings. The zero-order valence-corrected chi connectivity index (χ0v) is 12.5. The van der Waals surface area contributed by atoms with Gasteiger partial charge >= 0.3 is 0 Å². The van der Waals surface area contributed by atoms with Gasteiger partial charge in [0.25, 0.3) is 5.91 Å². The van der Waals surface area contributed by atoms with Crippen molar-refractivity contribution in [2.24, 2.45) is 0 Å². The van der Waals surface area contributed by atoms with Crippen LogP contribution in [0.3, 0.4) is 0 Å². The highest BCUT2D eigenvalue weighted by Crippen LogP contribution is 2.20. The van der Waals surface area contributed by atoms with Gasteiger partial charge in [-0.2, -0.15) is 0 Å². The molecule has 0 aliphatic carbocycles. The van der Waals surface area contributed by atoms with Crippen LogP contribution < -0.4 is 5.32 Å². The van der Waals surface area contributed by atoms with Crippen molar-refractivity contribution >= 4 is 28.5 Å². The summed E-state index contributed by atoms with van der Waals surface area (Å²) in [4.78, 5) is 14.3. The number of carbonyl (C=O) groups excluding carboxylic acids is 1. The molecule has 2 N–H and O–H groups in total. The van der Waals surface area contributed by atoms with Gasteiger partial charge in [-0.15, -0.1) is 0 Å². The third-order valence-corrected chi connectivity index (χ3v) is 4.08. The maximum absolute atomic E-state index is 12.0. The van der Waals surface area contributed by atoms with Crippen molar-refractivity contribution in [3.8, 4) is 5.75 Å². The molecule has 1 saturated heterocycles. The van der Waals surface area contributed by atoms with Gasteiger partial charge in [-0.3, -0.25) is 4.79 Å². The lowest BCUT2D eigenvalue weighted by Crippen LogP contribution is -2.46. The molecular formula is C13H17IN2O2. The fourth-order valence-corrected chi connectivity index (χ4v) is 2.54. The average molecular weight is 360 g/mol. The number of hydrogen-bond acceptors (Lipinski definition) is 3. The quantitative estimate of drug-likeness (QED) is 0.792. The Morgan fingerprint density at radius 3 is 3.00 bits per heavy atom. The fourth-order valence-electron chi connectivity index (χ4n) is 2.21. The lowest BCUT2D eigenvalue weighted by molar-refractivity contribution is 0.0912. The Balaban J connectivity index is 2.00. The fraction of sp³-hybridized carbons (Fsp3) is 0.462. The van der Waals surface area contributed by atoms with E-state index in [0.29, 0.717) is 5.56 Å². The van der Waals surface area contributed by atoms with Gasteiger partial charge < -0.3 is 15.3 Å². The van der Waals surface area contributed by atoms with Gasteiger partial charge in [-0.25, -0.2) is 0 Å². The Morgan fingerprint density at radius 1 is 1.56 bits per heavy atom. The molecular weight excluding hydrogens is 343 g/mol. The molecule has 0 saturated carbocycles. The number of phenols is 1. The number of hydrogen-bond donors (Lipinski definition) is 2. The number of nitrogens with one attached hydrogen (secondary N) is 1. The number of likely N-dealkylation sites (N-methyl/N-ethyl adjacent to an activating group) is 1. The topological polar surface area (TPSA) is 52.6 Å². The van der Waals surface area contributed by atoms with E-state index in [1.54, 1.807) is 12.1 Å². The van der Waals surface area contributed by atoms with E-state index < -0.39 is 0 Å². The van der Waals surface area contributed by atoms with Crippen molar-refractivity contribution in [2.45, 2.75) is 18.9 Å². The molecule has 0 aromatic heterocycles. The maximum atomic E-state index is 12.0. The van der Waals surface area contributed by atoms with Gasteiger partial charge in [0, 0.05) is 18.2 Å². The number of carbonyl (C=O) groups is 1. The summed E-state index contributed by atoms with van der Waals surface area (Å²) in [5.74, 6) is 0.0472. The minimum absolute atomic E-state index is 0.109. The molecule has 1 aromatic carbocycles. The molecule has 18 heavy (non-hydrogen) atoms. The zero-order valence-electron chi connectivity index (χ0n) is 10.3. The predicted octanol–water partition coefficient (Wildman–Crippen LogP) is 1.82. The third-order valence-electron chi connectivity index (χ3n) is 3.17. The van der Waals surface area contributed by atoms with Crippen molar-refractivity contribution < 1.29 is 9.90 Å². The number of phenolic OH excluding ortho intramolecular Hbond substituents is 1. The second-order valence-electron chi connectivity index (χ2n) is 4.74. The lowest BCUT2D eigenvalue weighted by Gasteiger charge is -2.30. The number of nitrogens with zero attached hydrogens (tertiary/aromatic N) is 1. The van der Waals surface area contributed by atoms with Crippen molar-refractivity contribution in [2.75, 3.05) is 20.1 Å². The Morgan fingerprint density at radius 2 is 2.33 bits per heavy atom. The largest absolute Gasteiger partial charge is 0.507 e. The highest BCUT2D eigenvalue weighted by molar-refractivity contribution is 14.1. The highest BCUT2D eigenvalue weighted by atomic mass is 127. The number of rotatable bonds is 2. The maximum Gasteiger partial charge on any atom is 0.251 e. The van der Waals surface area contributed by atoms with Gasteiger partial charge in [0.1, 0.15) is 5.75 Å². The van der Waals surface area contributed by atoms with Crippen molar-refractivity contribution in [3.05, 3.63) is 27.3 Å². The van der Waals surface area contributed by atoms with Crippen LogP contribution in [0.5, 0.6) is 5.75 Å². The van der Waals surface area contributed by atoms with Crippen LogP contribution in [0.4, 0.5) is 0 Å². The second-order valence-corrected chi connectivity index (χ2v) is 5.90. The van der Waals surface area contributed by atoms with E-state index in [-0.39, 0.29) is 17.7 Å². The van der Waals surface area contributed by atoms with E-state index in [1.165, 1.54) is 6.07 Å². The number of halogens is 1. The molecule has 1 fully saturated rings. The van der Waals surface area contributed by atoms with Crippen LogP contribution in [0, 0.1) is 3.57 Å². The van der Waals surface area contributed by atoms with E-state index in [4.69, 9.17) is 0 Å². The Kier molecular flexibility index (Phi) is 4.45. The van der Waals surface area contributed by atoms with Crippen molar-refractivity contribution in [3.63, 3.8) is 0 Å². The van der Waals surface area contributed by atoms with Crippen LogP contribution in [0.2, 0.25) is 0 Å². The van der Waals surface area contributed by atoms with Gasteiger partial charge in [0.15, 0.2) is 0 Å². The van der Waals surface area contributed by atoms with Crippen LogP contribution >= 0.6 is 22.6 Å². The summed E-state index contributed by atoms with van der Waals surface area (Å²) < 4.78 is 0.751. The van der Waals surface area contributed by atoms with Gasteiger partial charge in [-0.05, 0) is 67.2 Å². The molecule has 1 heterocycles. The monoisotopic (exact) mass is 360 g/mol. The van der Waals surface area contributed by atoms with E-state index >= 15 is 0 Å². The zero-order chi connectivity index (χ0) is 13.1. The summed E-state index contributed by atoms with van der Waals surface area (Å²) in [6.07, 6.45) is 2.13. The number of aromatic hydroxyl groups is 1. The Bertz CT molecular complexity index is 451. The van der Waals surface area contributed by atoms with Crippen LogP contribution in [0.25, 0.3) is 0 Å². The summed E-state index contributed by atoms with van der Waals surface area (Å²) in [5.41, 5.74) is 0.515. The van der Waals surface area contributed by atoms with Gasteiger partial charge in [-0.1, -0.05) is 0 Å². The molecule has 2 rings (SSSR count). The SMILES string of the molecule is CN1CCCC(NC(=O)c2ccc(I)c(O)c2)C1. The molecule has 98 valence electrons. The minimum Gasteiger partial charge on any atom is -0.507 e. The van der Waals surface area contributed by atoms with Gasteiger partial charge in [0.05, 0.1) is 3.57 Å². The smallest absolute Gasteiger partial charge is 0.251 e. The summed E-state index contributed by atoms with van der Waals surface area (Å²) in [6, 6.07) is 5.21. The molecule has 4 nitrogen and oxygen atoms in total. The van der Waals surface area contributed by atoms with Gasteiger partial charge in [0.2, 0.25) is 0 Å². The summed E-state index contributed by atoms with van der Waals surface area (Å²) >= 11 is 2.03. The molecule has 5 heteroatoms. The number of amides is 1. The second kappa shape index (κ2) is 5.88. The Labute approximate surface area is 121 Å². The normalized spacial score (nSPS) is 20.7. The van der Waals surface area contributed by atoms with Crippen LogP contribution in [0.15, 0.2) is 18.2 Å². The highest BCUT2D eigenvalue weighted by Gasteiger charge is 2.19. The van der Waals surface area contributed by atoms with Crippen molar-refractivity contribution in [1.29, 1.82) is 0 Å². The van der Waals surface area contributed by atoms with Crippen molar-refractivity contribution in [1.82, 2.24) is 10.2 Å². The van der Waals surface area contributed by atoms with Crippen LogP contribution in [-0.2, 0) is 0 Å². The molecule has 0 radical (unpaired) electrons. The third kappa shape index (κ3) is 3.35. The number of piperidine rings is 1. The number of benzene rings is 1. The van der Waals surface area contributed by atoms with E-state index in [1.807, 2.05) is 22.6 Å². The first kappa shape index (κ1) is 13.6. The van der Waals surface area contributed by atoms with E-state index in [2.05, 4.69) is 17.3 Å². The number of likely N-dealkylation sites (tertiary alicyclic amines) is 1. The molecule has 1 amide bonds. The molecule has 0 spiro atoms. The summed E-state index contributed by atoms with van der Waals surface area (Å²) in [7, 11) is 2.06. The first-order chi connectivity index (χ1) is 8.56. The standard InChI is InChI=1S/C13H17IN2O2/c1-16-6-2-3-10(8-16)15-13(18)9-4-5-11(14)12(17)7-9/h4-5,7,10,17H,2-3,6,8H2,1H3,(H,15,18). The molecule has 1 atom stereocenters. The first-order valence-electron chi connectivity index (χ1n) is 6.04. The molecule has 0 bridgehead atoms. The summed E-state index contributed by atoms with van der Waals surface area (Å²) in [5, 5.41) is 12.6. The predicted molar refractivity (Wildman–Crippen MR) is 78.8 cm³/mol. The Hall–Kier alpha value is -0.820. The lowest BCUT2D eigenvalue weighted by atomic mass is 10.1. The minimum atomic E-state index is -0.109. The van der Waals surface area contributed by atoms with E-state index in [0.717, 1.165) is 29.5 Å².